The average molecular weight is 321 g/mol. The lowest BCUT2D eigenvalue weighted by Gasteiger charge is -2.20. The maximum Gasteiger partial charge on any atom is 0.417 e. The van der Waals surface area contributed by atoms with Crippen molar-refractivity contribution in [3.05, 3.63) is 34.4 Å². The van der Waals surface area contributed by atoms with Gasteiger partial charge in [-0.25, -0.2) is 0 Å². The Balaban J connectivity index is 3.67. The fourth-order valence-electron chi connectivity index (χ4n) is 1.55. The zero-order valence-electron chi connectivity index (χ0n) is 8.51. The molecule has 0 saturated carbocycles. The highest BCUT2D eigenvalue weighted by Crippen LogP contribution is 2.44. The zero-order chi connectivity index (χ0) is 13.4. The summed E-state index contributed by atoms with van der Waals surface area (Å²) in [6.45, 7) is 1.01. The molecule has 0 heterocycles. The van der Waals surface area contributed by atoms with Crippen LogP contribution < -0.4 is 0 Å². The Morgan fingerprint density at radius 1 is 0.941 bits per heavy atom. The Kier molecular flexibility index (Phi) is 3.81. The minimum absolute atomic E-state index is 0.287. The maximum atomic E-state index is 12.7. The SMILES string of the molecule is Cc1ccc(CBr)c(C(F)(F)F)c1C(F)(F)F. The second-order valence-corrected chi connectivity index (χ2v) is 3.98. The van der Waals surface area contributed by atoms with E-state index in [1.165, 1.54) is 0 Å². The zero-order valence-corrected chi connectivity index (χ0v) is 10.1. The van der Waals surface area contributed by atoms with Crippen LogP contribution in [0.2, 0.25) is 0 Å². The predicted molar refractivity (Wildman–Crippen MR) is 53.8 cm³/mol. The summed E-state index contributed by atoms with van der Waals surface area (Å²) in [7, 11) is 0. The Hall–Kier alpha value is -0.720. The van der Waals surface area contributed by atoms with E-state index in [1.807, 2.05) is 0 Å². The second-order valence-electron chi connectivity index (χ2n) is 3.42. The quantitative estimate of drug-likeness (QED) is 0.508. The molecule has 0 nitrogen and oxygen atoms in total. The maximum absolute atomic E-state index is 12.7. The van der Waals surface area contributed by atoms with Crippen molar-refractivity contribution < 1.29 is 26.3 Å². The third-order valence-electron chi connectivity index (χ3n) is 2.21. The summed E-state index contributed by atoms with van der Waals surface area (Å²) < 4.78 is 76.0. The van der Waals surface area contributed by atoms with Gasteiger partial charge in [-0.05, 0) is 18.1 Å². The third kappa shape index (κ3) is 2.94. The molecule has 7 heteroatoms. The lowest BCUT2D eigenvalue weighted by molar-refractivity contribution is -0.162. The fraction of sp³-hybridized carbons (Fsp3) is 0.400. The summed E-state index contributed by atoms with van der Waals surface area (Å²) in [6, 6.07) is 2.08. The second kappa shape index (κ2) is 4.51. The van der Waals surface area contributed by atoms with Gasteiger partial charge >= 0.3 is 12.4 Å². The number of aryl methyl sites for hydroxylation is 1. The largest absolute Gasteiger partial charge is 0.417 e. The summed E-state index contributed by atoms with van der Waals surface area (Å²) in [6.07, 6.45) is -10.0. The minimum Gasteiger partial charge on any atom is -0.166 e. The van der Waals surface area contributed by atoms with Gasteiger partial charge in [-0.3, -0.25) is 0 Å². The summed E-state index contributed by atoms with van der Waals surface area (Å²) >= 11 is 2.76. The molecule has 0 aliphatic heterocycles. The first-order valence-electron chi connectivity index (χ1n) is 4.42. The standard InChI is InChI=1S/C10H7BrF6/c1-5-2-3-6(4-11)8(10(15,16)17)7(5)9(12,13)14/h2-3H,4H2,1H3. The van der Waals surface area contributed by atoms with Gasteiger partial charge < -0.3 is 0 Å². The number of hydrogen-bond donors (Lipinski definition) is 0. The summed E-state index contributed by atoms with van der Waals surface area (Å²) in [5.74, 6) is 0. The molecule has 0 aromatic heterocycles. The van der Waals surface area contributed by atoms with Crippen molar-refractivity contribution in [2.75, 3.05) is 0 Å². The van der Waals surface area contributed by atoms with Gasteiger partial charge in [-0.2, -0.15) is 26.3 Å². The van der Waals surface area contributed by atoms with Gasteiger partial charge in [0.1, 0.15) is 0 Å². The number of benzene rings is 1. The van der Waals surface area contributed by atoms with Crippen molar-refractivity contribution in [2.45, 2.75) is 24.6 Å². The molecule has 1 aromatic rings. The molecule has 0 fully saturated rings. The van der Waals surface area contributed by atoms with Crippen LogP contribution in [0.3, 0.4) is 0 Å². The van der Waals surface area contributed by atoms with E-state index in [0.717, 1.165) is 19.1 Å². The first kappa shape index (κ1) is 14.3. The molecule has 17 heavy (non-hydrogen) atoms. The highest BCUT2D eigenvalue weighted by Gasteiger charge is 2.45. The Morgan fingerprint density at radius 3 is 1.76 bits per heavy atom. The van der Waals surface area contributed by atoms with E-state index in [2.05, 4.69) is 15.9 Å². The Morgan fingerprint density at radius 2 is 1.41 bits per heavy atom. The molecule has 0 N–H and O–H groups in total. The molecule has 0 atom stereocenters. The third-order valence-corrected chi connectivity index (χ3v) is 2.81. The van der Waals surface area contributed by atoms with Crippen LogP contribution in [0.5, 0.6) is 0 Å². The molecule has 0 radical (unpaired) electrons. The normalized spacial score (nSPS) is 12.9. The van der Waals surface area contributed by atoms with Crippen LogP contribution in [0.25, 0.3) is 0 Å². The lowest BCUT2D eigenvalue weighted by Crippen LogP contribution is -2.20. The van der Waals surface area contributed by atoms with E-state index in [9.17, 15) is 26.3 Å². The molecule has 96 valence electrons. The first-order valence-corrected chi connectivity index (χ1v) is 5.54. The van der Waals surface area contributed by atoms with Gasteiger partial charge in [0.2, 0.25) is 0 Å². The number of rotatable bonds is 1. The van der Waals surface area contributed by atoms with Crippen molar-refractivity contribution in [1.29, 1.82) is 0 Å². The van der Waals surface area contributed by atoms with E-state index >= 15 is 0 Å². The summed E-state index contributed by atoms with van der Waals surface area (Å²) in [5.41, 5.74) is -4.08. The fourth-order valence-corrected chi connectivity index (χ4v) is 2.02. The van der Waals surface area contributed by atoms with Gasteiger partial charge in [0.05, 0.1) is 11.1 Å². The van der Waals surface area contributed by atoms with Crippen LogP contribution in [0.4, 0.5) is 26.3 Å². The van der Waals surface area contributed by atoms with Gasteiger partial charge in [0.15, 0.2) is 0 Å². The predicted octanol–water partition coefficient (Wildman–Crippen LogP) is 4.93. The van der Waals surface area contributed by atoms with E-state index in [-0.39, 0.29) is 5.33 Å². The first-order chi connectivity index (χ1) is 7.59. The molecule has 1 rings (SSSR count). The molecule has 0 unspecified atom stereocenters. The van der Waals surface area contributed by atoms with Crippen molar-refractivity contribution in [3.8, 4) is 0 Å². The molecule has 0 aliphatic carbocycles. The average Bonchev–Trinajstić information content (AvgIpc) is 2.13. The highest BCUT2D eigenvalue weighted by molar-refractivity contribution is 9.08. The van der Waals surface area contributed by atoms with E-state index in [4.69, 9.17) is 0 Å². The van der Waals surface area contributed by atoms with Crippen LogP contribution in [-0.4, -0.2) is 0 Å². The van der Waals surface area contributed by atoms with Crippen LogP contribution in [0, 0.1) is 6.92 Å². The van der Waals surface area contributed by atoms with Crippen LogP contribution >= 0.6 is 15.9 Å². The molecular formula is C10H7BrF6. The monoisotopic (exact) mass is 320 g/mol. The molecule has 0 aliphatic rings. The Labute approximate surface area is 102 Å². The molecule has 0 saturated heterocycles. The highest BCUT2D eigenvalue weighted by atomic mass is 79.9. The van der Waals surface area contributed by atoms with Gasteiger partial charge in [-0.1, -0.05) is 28.1 Å². The van der Waals surface area contributed by atoms with Gasteiger partial charge in [-0.15, -0.1) is 0 Å². The van der Waals surface area contributed by atoms with Crippen molar-refractivity contribution in [1.82, 2.24) is 0 Å². The molecule has 0 spiro atoms. The van der Waals surface area contributed by atoms with Crippen molar-refractivity contribution in [3.63, 3.8) is 0 Å². The molecular weight excluding hydrogens is 314 g/mol. The van der Waals surface area contributed by atoms with Gasteiger partial charge in [0, 0.05) is 5.33 Å². The molecule has 1 aromatic carbocycles. The molecule has 0 amide bonds. The summed E-state index contributed by atoms with van der Waals surface area (Å²) in [5, 5.41) is -0.287. The number of halogens is 7. The van der Waals surface area contributed by atoms with Crippen LogP contribution in [0.15, 0.2) is 12.1 Å². The van der Waals surface area contributed by atoms with Crippen molar-refractivity contribution in [2.24, 2.45) is 0 Å². The van der Waals surface area contributed by atoms with E-state index < -0.39 is 34.6 Å². The van der Waals surface area contributed by atoms with Crippen molar-refractivity contribution >= 4 is 15.9 Å². The topological polar surface area (TPSA) is 0 Å². The smallest absolute Gasteiger partial charge is 0.166 e. The number of alkyl halides is 7. The van der Waals surface area contributed by atoms with Gasteiger partial charge in [0.25, 0.3) is 0 Å². The summed E-state index contributed by atoms with van der Waals surface area (Å²) in [4.78, 5) is 0. The Bertz CT molecular complexity index is 418. The lowest BCUT2D eigenvalue weighted by atomic mass is 9.96. The minimum atomic E-state index is -5.03. The van der Waals surface area contributed by atoms with Crippen LogP contribution in [-0.2, 0) is 17.7 Å². The van der Waals surface area contributed by atoms with E-state index in [1.54, 1.807) is 0 Å². The van der Waals surface area contributed by atoms with Crippen LogP contribution in [0.1, 0.15) is 22.3 Å². The molecule has 0 bridgehead atoms. The van der Waals surface area contributed by atoms with E-state index in [0.29, 0.717) is 0 Å². The number of hydrogen-bond acceptors (Lipinski definition) is 0.